The molecular weight excluding hydrogens is 229 g/mol. The normalized spacial score (nSPS) is 11.9. The largest absolute Gasteiger partial charge is 0.319 e. The van der Waals surface area contributed by atoms with Gasteiger partial charge in [-0.05, 0) is 31.5 Å². The van der Waals surface area contributed by atoms with E-state index in [0.29, 0.717) is 5.15 Å². The van der Waals surface area contributed by atoms with Crippen LogP contribution >= 0.6 is 18.7 Å². The minimum atomic E-state index is -2.22. The summed E-state index contributed by atoms with van der Waals surface area (Å²) in [6.07, 6.45) is 0. The summed E-state index contributed by atoms with van der Waals surface area (Å²) in [7, 11) is -2.22. The van der Waals surface area contributed by atoms with Gasteiger partial charge < -0.3 is 4.57 Å². The lowest BCUT2D eigenvalue weighted by Gasteiger charge is -2.07. The van der Waals surface area contributed by atoms with Gasteiger partial charge in [0.1, 0.15) is 12.3 Å². The molecule has 0 bridgehead atoms. The second-order valence-electron chi connectivity index (χ2n) is 3.86. The van der Waals surface area contributed by atoms with Crippen LogP contribution in [0, 0.1) is 0 Å². The van der Waals surface area contributed by atoms with Crippen LogP contribution in [0.25, 0.3) is 10.9 Å². The van der Waals surface area contributed by atoms with Crippen LogP contribution in [0.2, 0.25) is 5.15 Å². The maximum atomic E-state index is 11.9. The van der Waals surface area contributed by atoms with Crippen LogP contribution in [-0.2, 0) is 4.57 Å². The molecule has 1 aromatic heterocycles. The van der Waals surface area contributed by atoms with Gasteiger partial charge in [0.15, 0.2) is 0 Å². The first-order chi connectivity index (χ1) is 6.97. The maximum Gasteiger partial charge on any atom is 0.129 e. The summed E-state index contributed by atoms with van der Waals surface area (Å²) < 4.78 is 11.9. The summed E-state index contributed by atoms with van der Waals surface area (Å²) in [5.41, 5.74) is 0.795. The first kappa shape index (κ1) is 10.7. The minimum absolute atomic E-state index is 0.460. The van der Waals surface area contributed by atoms with E-state index in [4.69, 9.17) is 11.6 Å². The predicted molar refractivity (Wildman–Crippen MR) is 65.8 cm³/mol. The molecule has 0 spiro atoms. The number of aromatic nitrogens is 1. The van der Waals surface area contributed by atoms with Crippen LogP contribution in [0.1, 0.15) is 0 Å². The van der Waals surface area contributed by atoms with Gasteiger partial charge in [0.05, 0.1) is 5.52 Å². The number of nitrogens with zero attached hydrogens (tertiary/aromatic N) is 1. The third kappa shape index (κ3) is 2.22. The standard InChI is InChI=1S/C11H11ClNOP/c1-15(2,14)9-5-3-8-4-6-11(12)13-10(8)7-9/h3-7H,1-2H3. The van der Waals surface area contributed by atoms with Gasteiger partial charge in [-0.3, -0.25) is 0 Å². The Bertz CT molecular complexity index is 562. The number of hydrogen-bond acceptors (Lipinski definition) is 2. The molecule has 0 saturated heterocycles. The van der Waals surface area contributed by atoms with Gasteiger partial charge in [0, 0.05) is 10.7 Å². The lowest BCUT2D eigenvalue weighted by molar-refractivity contribution is 0.588. The van der Waals surface area contributed by atoms with Crippen molar-refractivity contribution in [3.63, 3.8) is 0 Å². The summed E-state index contributed by atoms with van der Waals surface area (Å²) in [4.78, 5) is 4.19. The van der Waals surface area contributed by atoms with Crippen molar-refractivity contribution in [1.29, 1.82) is 0 Å². The van der Waals surface area contributed by atoms with E-state index in [1.54, 1.807) is 19.4 Å². The first-order valence-corrected chi connectivity index (χ1v) is 7.56. The van der Waals surface area contributed by atoms with Crippen LogP contribution in [0.4, 0.5) is 0 Å². The molecule has 4 heteroatoms. The number of benzene rings is 1. The van der Waals surface area contributed by atoms with Crippen molar-refractivity contribution in [3.8, 4) is 0 Å². The highest BCUT2D eigenvalue weighted by atomic mass is 35.5. The van der Waals surface area contributed by atoms with E-state index in [2.05, 4.69) is 4.98 Å². The van der Waals surface area contributed by atoms with Crippen molar-refractivity contribution in [2.75, 3.05) is 13.3 Å². The zero-order valence-corrected chi connectivity index (χ0v) is 10.2. The number of pyridine rings is 1. The number of hydrogen-bond donors (Lipinski definition) is 0. The monoisotopic (exact) mass is 239 g/mol. The molecule has 0 radical (unpaired) electrons. The second-order valence-corrected chi connectivity index (χ2v) is 7.47. The topological polar surface area (TPSA) is 30.0 Å². The van der Waals surface area contributed by atoms with E-state index in [-0.39, 0.29) is 0 Å². The smallest absolute Gasteiger partial charge is 0.129 e. The van der Waals surface area contributed by atoms with Crippen molar-refractivity contribution in [2.24, 2.45) is 0 Å². The lowest BCUT2D eigenvalue weighted by Crippen LogP contribution is -2.02. The Morgan fingerprint density at radius 1 is 1.20 bits per heavy atom. The van der Waals surface area contributed by atoms with Crippen LogP contribution in [0.15, 0.2) is 30.3 Å². The summed E-state index contributed by atoms with van der Waals surface area (Å²) >= 11 is 5.81. The fourth-order valence-electron chi connectivity index (χ4n) is 1.42. The van der Waals surface area contributed by atoms with Crippen LogP contribution in [0.3, 0.4) is 0 Å². The molecule has 1 heterocycles. The third-order valence-electron chi connectivity index (χ3n) is 2.26. The van der Waals surface area contributed by atoms with E-state index in [0.717, 1.165) is 16.2 Å². The second kappa shape index (κ2) is 3.62. The molecule has 0 saturated carbocycles. The number of rotatable bonds is 1. The Kier molecular flexibility index (Phi) is 2.57. The van der Waals surface area contributed by atoms with Gasteiger partial charge >= 0.3 is 0 Å². The summed E-state index contributed by atoms with van der Waals surface area (Å²) in [5, 5.41) is 2.31. The van der Waals surface area contributed by atoms with E-state index < -0.39 is 7.14 Å². The molecule has 78 valence electrons. The predicted octanol–water partition coefficient (Wildman–Crippen LogP) is 3.14. The zero-order chi connectivity index (χ0) is 11.1. The van der Waals surface area contributed by atoms with Crippen molar-refractivity contribution >= 4 is 35.0 Å². The average Bonchev–Trinajstić information content (AvgIpc) is 2.15. The van der Waals surface area contributed by atoms with E-state index in [9.17, 15) is 4.57 Å². The minimum Gasteiger partial charge on any atom is -0.319 e. The highest BCUT2D eigenvalue weighted by Gasteiger charge is 2.11. The zero-order valence-electron chi connectivity index (χ0n) is 8.57. The van der Waals surface area contributed by atoms with Crippen LogP contribution < -0.4 is 5.30 Å². The van der Waals surface area contributed by atoms with Gasteiger partial charge in [0.2, 0.25) is 0 Å². The van der Waals surface area contributed by atoms with Crippen molar-refractivity contribution in [3.05, 3.63) is 35.5 Å². The molecular formula is C11H11ClNOP. The molecule has 0 aliphatic carbocycles. The molecule has 0 atom stereocenters. The number of halogens is 1. The van der Waals surface area contributed by atoms with Gasteiger partial charge in [-0.1, -0.05) is 23.7 Å². The lowest BCUT2D eigenvalue weighted by atomic mass is 10.2. The molecule has 0 amide bonds. The Hall–Kier alpha value is -0.850. The van der Waals surface area contributed by atoms with Crippen LogP contribution in [0.5, 0.6) is 0 Å². The van der Waals surface area contributed by atoms with E-state index >= 15 is 0 Å². The van der Waals surface area contributed by atoms with Crippen molar-refractivity contribution in [1.82, 2.24) is 4.98 Å². The summed E-state index contributed by atoms with van der Waals surface area (Å²) in [6, 6.07) is 9.32. The Morgan fingerprint density at radius 3 is 2.53 bits per heavy atom. The van der Waals surface area contributed by atoms with Gasteiger partial charge in [0.25, 0.3) is 0 Å². The molecule has 2 nitrogen and oxygen atoms in total. The average molecular weight is 240 g/mol. The molecule has 0 N–H and O–H groups in total. The SMILES string of the molecule is CP(C)(=O)c1ccc2ccc(Cl)nc2c1. The molecule has 1 aromatic carbocycles. The Morgan fingerprint density at radius 2 is 1.87 bits per heavy atom. The van der Waals surface area contributed by atoms with Crippen molar-refractivity contribution < 1.29 is 4.57 Å². The Balaban J connectivity index is 2.70. The molecule has 0 fully saturated rings. The third-order valence-corrected chi connectivity index (χ3v) is 4.00. The fraction of sp³-hybridized carbons (Fsp3) is 0.182. The number of fused-ring (bicyclic) bond motifs is 1. The summed E-state index contributed by atoms with van der Waals surface area (Å²) in [5.74, 6) is 0. The van der Waals surface area contributed by atoms with E-state index in [1.807, 2.05) is 24.3 Å². The molecule has 2 aromatic rings. The molecule has 15 heavy (non-hydrogen) atoms. The first-order valence-electron chi connectivity index (χ1n) is 4.59. The van der Waals surface area contributed by atoms with Gasteiger partial charge in [-0.25, -0.2) is 4.98 Å². The van der Waals surface area contributed by atoms with E-state index in [1.165, 1.54) is 0 Å². The quantitative estimate of drug-likeness (QED) is 0.565. The molecule has 0 unspecified atom stereocenters. The Labute approximate surface area is 93.7 Å². The maximum absolute atomic E-state index is 11.9. The highest BCUT2D eigenvalue weighted by molar-refractivity contribution is 7.70. The highest BCUT2D eigenvalue weighted by Crippen LogP contribution is 2.35. The molecule has 0 aliphatic heterocycles. The van der Waals surface area contributed by atoms with Gasteiger partial charge in [-0.15, -0.1) is 0 Å². The van der Waals surface area contributed by atoms with Crippen molar-refractivity contribution in [2.45, 2.75) is 0 Å². The molecule has 2 rings (SSSR count). The summed E-state index contributed by atoms with van der Waals surface area (Å²) in [6.45, 7) is 3.50. The van der Waals surface area contributed by atoms with Crippen LogP contribution in [-0.4, -0.2) is 18.3 Å². The van der Waals surface area contributed by atoms with Gasteiger partial charge in [-0.2, -0.15) is 0 Å². The molecule has 0 aliphatic rings. The fourth-order valence-corrected chi connectivity index (χ4v) is 2.44.